The van der Waals surface area contributed by atoms with Gasteiger partial charge in [-0.15, -0.1) is 4.73 Å². The molecule has 4 aliphatic heterocycles. The van der Waals surface area contributed by atoms with Crippen molar-refractivity contribution < 1.29 is 23.9 Å². The molecule has 3 fully saturated rings. The van der Waals surface area contributed by atoms with Gasteiger partial charge in [0.2, 0.25) is 5.88 Å². The Labute approximate surface area is 183 Å². The highest BCUT2D eigenvalue weighted by atomic mass is 16.7. The molecule has 0 spiro atoms. The van der Waals surface area contributed by atoms with Gasteiger partial charge in [0.1, 0.15) is 6.10 Å². The van der Waals surface area contributed by atoms with Crippen LogP contribution in [0.5, 0.6) is 11.9 Å². The van der Waals surface area contributed by atoms with E-state index in [-0.39, 0.29) is 12.0 Å². The summed E-state index contributed by atoms with van der Waals surface area (Å²) in [6.45, 7) is 3.23. The highest BCUT2D eigenvalue weighted by molar-refractivity contribution is 5.99. The second-order valence-electron chi connectivity index (χ2n) is 8.23. The maximum absolute atomic E-state index is 11.9. The number of hydrogen-bond acceptors (Lipinski definition) is 8. The fraction of sp³-hybridized carbons (Fsp3) is 0.304. The van der Waals surface area contributed by atoms with Crippen molar-refractivity contribution >= 4 is 22.8 Å². The molecule has 9 heteroatoms. The molecule has 6 heterocycles. The van der Waals surface area contributed by atoms with Crippen molar-refractivity contribution in [3.05, 3.63) is 48.8 Å². The number of ether oxygens (including phenoxy) is 2. The molecule has 0 N–H and O–H groups in total. The van der Waals surface area contributed by atoms with E-state index < -0.39 is 11.9 Å². The first-order chi connectivity index (χ1) is 15.6. The van der Waals surface area contributed by atoms with Crippen LogP contribution in [0.15, 0.2) is 48.8 Å². The zero-order valence-corrected chi connectivity index (χ0v) is 17.1. The Morgan fingerprint density at radius 3 is 2.56 bits per heavy atom. The molecule has 2 aromatic heterocycles. The number of piperidine rings is 3. The molecular formula is C23H20N4O5. The van der Waals surface area contributed by atoms with E-state index in [1.165, 1.54) is 4.73 Å². The van der Waals surface area contributed by atoms with Gasteiger partial charge in [0.15, 0.2) is 0 Å². The van der Waals surface area contributed by atoms with Crippen LogP contribution in [0.3, 0.4) is 0 Å². The summed E-state index contributed by atoms with van der Waals surface area (Å²) in [5.74, 6) is -0.621. The smallest absolute Gasteiger partial charge is 0.356 e. The van der Waals surface area contributed by atoms with Gasteiger partial charge in [-0.25, -0.2) is 19.6 Å². The molecule has 32 heavy (non-hydrogen) atoms. The third-order valence-corrected chi connectivity index (χ3v) is 6.30. The molecule has 1 atom stereocenters. The lowest BCUT2D eigenvalue weighted by molar-refractivity contribution is -0.141. The number of carbonyl (C=O) groups excluding carboxylic acids is 2. The minimum absolute atomic E-state index is 0.123. The summed E-state index contributed by atoms with van der Waals surface area (Å²) in [4.78, 5) is 40.4. The Hall–Kier alpha value is -3.72. The number of benzene rings is 1. The van der Waals surface area contributed by atoms with Gasteiger partial charge in [-0.05, 0) is 43.5 Å². The molecule has 3 saturated heterocycles. The fourth-order valence-corrected chi connectivity index (χ4v) is 4.69. The normalized spacial score (nSPS) is 25.4. The van der Waals surface area contributed by atoms with E-state index in [9.17, 15) is 9.59 Å². The Balaban J connectivity index is 1.31. The first kappa shape index (κ1) is 19.0. The van der Waals surface area contributed by atoms with Crippen molar-refractivity contribution in [2.24, 2.45) is 5.92 Å². The predicted octanol–water partition coefficient (Wildman–Crippen LogP) is 2.00. The molecule has 0 unspecified atom stereocenters. The summed E-state index contributed by atoms with van der Waals surface area (Å²) in [6.07, 6.45) is 7.95. The zero-order chi connectivity index (χ0) is 21.7. The Bertz CT molecular complexity index is 1240. The highest BCUT2D eigenvalue weighted by Gasteiger charge is 2.36. The van der Waals surface area contributed by atoms with Crippen LogP contribution >= 0.6 is 0 Å². The van der Waals surface area contributed by atoms with Crippen LogP contribution in [0.1, 0.15) is 12.8 Å². The average Bonchev–Trinajstić information content (AvgIpc) is 3.14. The van der Waals surface area contributed by atoms with Crippen molar-refractivity contribution in [2.45, 2.75) is 18.9 Å². The van der Waals surface area contributed by atoms with E-state index >= 15 is 0 Å². The largest absolute Gasteiger partial charge is 0.458 e. The topological polar surface area (TPSA) is 95.8 Å². The van der Waals surface area contributed by atoms with Crippen LogP contribution in [-0.4, -0.2) is 57.3 Å². The maximum atomic E-state index is 11.9. The molecule has 4 aliphatic rings. The standard InChI is InChI=1S/C23H20N4O5/c28-21-4-5-22(29)32-27-18-3-1-2-16(17(18)10-20(27)31-21)15-11-24-23(25-12-15)30-19-13-26-8-6-14(19)7-9-26/h1-5,10-12,14,19H,6-9,13H2/b5-4+/t19-/m0/s1. The quantitative estimate of drug-likeness (QED) is 0.580. The predicted molar refractivity (Wildman–Crippen MR) is 113 cm³/mol. The van der Waals surface area contributed by atoms with Gasteiger partial charge < -0.3 is 14.3 Å². The molecule has 0 saturated carbocycles. The zero-order valence-electron chi connectivity index (χ0n) is 17.1. The molecular weight excluding hydrogens is 412 g/mol. The number of carbonyl (C=O) groups is 2. The minimum Gasteiger partial charge on any atom is -0.458 e. The molecule has 9 nitrogen and oxygen atoms in total. The lowest BCUT2D eigenvalue weighted by Crippen LogP contribution is -2.52. The number of hydrogen-bond donors (Lipinski definition) is 0. The van der Waals surface area contributed by atoms with Crippen molar-refractivity contribution in [1.29, 1.82) is 0 Å². The number of esters is 1. The van der Waals surface area contributed by atoms with E-state index in [1.54, 1.807) is 24.5 Å². The summed E-state index contributed by atoms with van der Waals surface area (Å²) in [7, 11) is 0. The van der Waals surface area contributed by atoms with Crippen LogP contribution < -0.4 is 14.3 Å². The van der Waals surface area contributed by atoms with Crippen LogP contribution in [0.4, 0.5) is 0 Å². The SMILES string of the molecule is O=C1/C=C/C(=O)On2c(cc3c(-c4cnc(O[C@H]5CN6CCC5CC6)nc4)cccc32)O1. The van der Waals surface area contributed by atoms with E-state index in [2.05, 4.69) is 14.9 Å². The molecule has 162 valence electrons. The average molecular weight is 432 g/mol. The van der Waals surface area contributed by atoms with Gasteiger partial charge in [0.05, 0.1) is 5.52 Å². The molecule has 1 aromatic carbocycles. The summed E-state index contributed by atoms with van der Waals surface area (Å²) in [5, 5.41) is 0.736. The number of rotatable bonds is 3. The number of nitrogens with zero attached hydrogens (tertiary/aromatic N) is 4. The van der Waals surface area contributed by atoms with Gasteiger partial charge in [-0.2, -0.15) is 0 Å². The van der Waals surface area contributed by atoms with Crippen molar-refractivity contribution in [1.82, 2.24) is 19.6 Å². The van der Waals surface area contributed by atoms with Crippen LogP contribution in [-0.2, 0) is 9.59 Å². The van der Waals surface area contributed by atoms with Gasteiger partial charge >= 0.3 is 17.9 Å². The third-order valence-electron chi connectivity index (χ3n) is 6.30. The third kappa shape index (κ3) is 3.31. The number of fused-ring (bicyclic) bond motifs is 6. The fourth-order valence-electron chi connectivity index (χ4n) is 4.69. The second-order valence-corrected chi connectivity index (χ2v) is 8.23. The minimum atomic E-state index is -0.664. The first-order valence-electron chi connectivity index (χ1n) is 10.6. The van der Waals surface area contributed by atoms with Crippen LogP contribution in [0, 0.1) is 5.92 Å². The van der Waals surface area contributed by atoms with Crippen LogP contribution in [0.2, 0.25) is 0 Å². The van der Waals surface area contributed by atoms with Gasteiger partial charge in [-0.1, -0.05) is 12.1 Å². The summed E-state index contributed by atoms with van der Waals surface area (Å²) >= 11 is 0. The Morgan fingerprint density at radius 1 is 1.03 bits per heavy atom. The molecule has 0 aliphatic carbocycles. The van der Waals surface area contributed by atoms with Crippen molar-refractivity contribution in [3.8, 4) is 23.0 Å². The monoisotopic (exact) mass is 432 g/mol. The van der Waals surface area contributed by atoms with E-state index in [0.29, 0.717) is 17.4 Å². The van der Waals surface area contributed by atoms with Gasteiger partial charge in [0.25, 0.3) is 0 Å². The van der Waals surface area contributed by atoms with E-state index in [4.69, 9.17) is 14.3 Å². The molecule has 0 amide bonds. The maximum Gasteiger partial charge on any atom is 0.356 e. The second kappa shape index (κ2) is 7.45. The van der Waals surface area contributed by atoms with Crippen LogP contribution in [0.25, 0.3) is 22.0 Å². The van der Waals surface area contributed by atoms with Gasteiger partial charge in [0, 0.05) is 48.1 Å². The lowest BCUT2D eigenvalue weighted by atomic mass is 9.86. The summed E-state index contributed by atoms with van der Waals surface area (Å²) in [6, 6.07) is 7.54. The Morgan fingerprint density at radius 2 is 1.81 bits per heavy atom. The molecule has 3 aromatic rings. The molecule has 7 rings (SSSR count). The lowest BCUT2D eigenvalue weighted by Gasteiger charge is -2.43. The highest BCUT2D eigenvalue weighted by Crippen LogP contribution is 2.34. The molecule has 2 bridgehead atoms. The number of aromatic nitrogens is 3. The first-order valence-corrected chi connectivity index (χ1v) is 10.6. The van der Waals surface area contributed by atoms with Gasteiger partial charge in [-0.3, -0.25) is 4.90 Å². The van der Waals surface area contributed by atoms with Crippen molar-refractivity contribution in [2.75, 3.05) is 19.6 Å². The summed E-state index contributed by atoms with van der Waals surface area (Å²) < 4.78 is 12.6. The van der Waals surface area contributed by atoms with E-state index in [1.807, 2.05) is 12.1 Å². The summed E-state index contributed by atoms with van der Waals surface area (Å²) in [5.41, 5.74) is 2.17. The van der Waals surface area contributed by atoms with E-state index in [0.717, 1.165) is 61.1 Å². The Kier molecular flexibility index (Phi) is 4.43. The molecule has 0 radical (unpaired) electrons. The van der Waals surface area contributed by atoms with Crippen molar-refractivity contribution in [3.63, 3.8) is 0 Å².